The van der Waals surface area contributed by atoms with E-state index >= 15 is 0 Å². The van der Waals surface area contributed by atoms with Gasteiger partial charge in [-0.1, -0.05) is 72.6 Å². The van der Waals surface area contributed by atoms with Crippen molar-refractivity contribution in [2.45, 2.75) is 118 Å². The van der Waals surface area contributed by atoms with E-state index in [-0.39, 0.29) is 5.41 Å². The lowest BCUT2D eigenvalue weighted by atomic mass is 9.88. The average Bonchev–Trinajstić information content (AvgIpc) is 2.59. The van der Waals surface area contributed by atoms with Crippen molar-refractivity contribution in [3.8, 4) is 0 Å². The van der Waals surface area contributed by atoms with E-state index in [1.807, 2.05) is 0 Å². The Labute approximate surface area is 170 Å². The minimum Gasteiger partial charge on any atom is -0.381 e. The Balaban J connectivity index is 3.12. The van der Waals surface area contributed by atoms with Crippen LogP contribution >= 0.6 is 0 Å². The fourth-order valence-electron chi connectivity index (χ4n) is 3.20. The first-order valence-corrected chi connectivity index (χ1v) is 11.6. The first-order valence-electron chi connectivity index (χ1n) is 11.6. The summed E-state index contributed by atoms with van der Waals surface area (Å²) in [5, 5.41) is 0. The zero-order chi connectivity index (χ0) is 20.2. The lowest BCUT2D eigenvalue weighted by Crippen LogP contribution is -2.12. The van der Waals surface area contributed by atoms with Crippen molar-refractivity contribution in [3.05, 3.63) is 0 Å². The Morgan fingerprint density at radius 3 is 1.48 bits per heavy atom. The van der Waals surface area contributed by atoms with Crippen molar-refractivity contribution >= 4 is 5.78 Å². The lowest BCUT2D eigenvalue weighted by molar-refractivity contribution is -0.120. The van der Waals surface area contributed by atoms with Crippen LogP contribution < -0.4 is 0 Å². The Bertz CT molecular complexity index is 320. The molecule has 0 saturated carbocycles. The molecule has 3 nitrogen and oxygen atoms in total. The number of hydrogen-bond donors (Lipinski definition) is 0. The molecular formula is C24H48O3. The van der Waals surface area contributed by atoms with Crippen LogP contribution in [-0.4, -0.2) is 32.2 Å². The molecule has 27 heavy (non-hydrogen) atoms. The van der Waals surface area contributed by atoms with Crippen LogP contribution in [0.2, 0.25) is 0 Å². The molecule has 0 aromatic rings. The summed E-state index contributed by atoms with van der Waals surface area (Å²) in [7, 11) is 0. The standard InChI is InChI=1S/C24H48O3/c1-5-18-26-19-14-11-9-7-6-8-10-12-15-20-27-21-16-13-17-23(25)22-24(2,3)4/h5-22H2,1-4H3. The predicted octanol–water partition coefficient (Wildman–Crippen LogP) is 7.12. The van der Waals surface area contributed by atoms with Crippen LogP contribution in [0.5, 0.6) is 0 Å². The Morgan fingerprint density at radius 1 is 0.630 bits per heavy atom. The molecule has 0 aromatic carbocycles. The second-order valence-electron chi connectivity index (χ2n) is 9.14. The molecule has 0 heterocycles. The first kappa shape index (κ1) is 26.6. The van der Waals surface area contributed by atoms with E-state index in [0.29, 0.717) is 18.6 Å². The maximum atomic E-state index is 11.8. The summed E-state index contributed by atoms with van der Waals surface area (Å²) in [4.78, 5) is 11.8. The molecule has 0 aliphatic heterocycles. The van der Waals surface area contributed by atoms with E-state index in [2.05, 4.69) is 27.7 Å². The summed E-state index contributed by atoms with van der Waals surface area (Å²) in [6.45, 7) is 12.1. The molecule has 0 amide bonds. The number of unbranched alkanes of at least 4 members (excludes halogenated alkanes) is 9. The number of carbonyl (C=O) groups is 1. The fraction of sp³-hybridized carbons (Fsp3) is 0.958. The number of hydrogen-bond acceptors (Lipinski definition) is 3. The molecule has 0 bridgehead atoms. The summed E-state index contributed by atoms with van der Waals surface area (Å²) < 4.78 is 11.2. The van der Waals surface area contributed by atoms with Crippen molar-refractivity contribution < 1.29 is 14.3 Å². The van der Waals surface area contributed by atoms with Crippen molar-refractivity contribution in [1.29, 1.82) is 0 Å². The lowest BCUT2D eigenvalue weighted by Gasteiger charge is -2.16. The Kier molecular flexibility index (Phi) is 18.6. The third kappa shape index (κ3) is 23.6. The maximum absolute atomic E-state index is 11.8. The van der Waals surface area contributed by atoms with Crippen molar-refractivity contribution in [2.24, 2.45) is 5.41 Å². The number of ketones is 1. The molecule has 162 valence electrons. The molecule has 0 fully saturated rings. The second-order valence-corrected chi connectivity index (χ2v) is 9.14. The molecule has 0 spiro atoms. The average molecular weight is 385 g/mol. The highest BCUT2D eigenvalue weighted by Crippen LogP contribution is 2.20. The minimum absolute atomic E-state index is 0.122. The molecule has 0 N–H and O–H groups in total. The topological polar surface area (TPSA) is 35.5 Å². The smallest absolute Gasteiger partial charge is 0.133 e. The predicted molar refractivity (Wildman–Crippen MR) is 116 cm³/mol. The van der Waals surface area contributed by atoms with E-state index in [1.165, 1.54) is 57.8 Å². The first-order chi connectivity index (χ1) is 13.0. The molecule has 0 aliphatic rings. The number of rotatable bonds is 20. The largest absolute Gasteiger partial charge is 0.381 e. The quantitative estimate of drug-likeness (QED) is 0.210. The van der Waals surface area contributed by atoms with Crippen LogP contribution in [0.15, 0.2) is 0 Å². The van der Waals surface area contributed by atoms with E-state index < -0.39 is 0 Å². The van der Waals surface area contributed by atoms with Gasteiger partial charge in [0.25, 0.3) is 0 Å². The van der Waals surface area contributed by atoms with E-state index in [4.69, 9.17) is 9.47 Å². The number of Topliss-reactive ketones (excluding diaryl/α,β-unsaturated/α-hetero) is 1. The number of carbonyl (C=O) groups excluding carboxylic acids is 1. The third-order valence-corrected chi connectivity index (χ3v) is 4.65. The molecule has 3 heteroatoms. The van der Waals surface area contributed by atoms with Gasteiger partial charge in [-0.05, 0) is 37.5 Å². The van der Waals surface area contributed by atoms with Crippen LogP contribution in [0.3, 0.4) is 0 Å². The highest BCUT2D eigenvalue weighted by Gasteiger charge is 2.15. The summed E-state index contributed by atoms with van der Waals surface area (Å²) in [5.41, 5.74) is 0.122. The summed E-state index contributed by atoms with van der Waals surface area (Å²) in [6.07, 6.45) is 16.3. The molecular weight excluding hydrogens is 336 g/mol. The van der Waals surface area contributed by atoms with Gasteiger partial charge in [0, 0.05) is 39.3 Å². The van der Waals surface area contributed by atoms with Crippen molar-refractivity contribution in [2.75, 3.05) is 26.4 Å². The summed E-state index contributed by atoms with van der Waals surface area (Å²) in [6, 6.07) is 0. The minimum atomic E-state index is 0.122. The van der Waals surface area contributed by atoms with Crippen LogP contribution in [0, 0.1) is 5.41 Å². The highest BCUT2D eigenvalue weighted by molar-refractivity contribution is 5.78. The molecule has 0 aromatic heterocycles. The highest BCUT2D eigenvalue weighted by atomic mass is 16.5. The zero-order valence-corrected chi connectivity index (χ0v) is 19.0. The molecule has 0 unspecified atom stereocenters. The van der Waals surface area contributed by atoms with E-state index in [0.717, 1.165) is 45.7 Å². The van der Waals surface area contributed by atoms with Gasteiger partial charge < -0.3 is 9.47 Å². The SMILES string of the molecule is CCCOCCCCCCCCCCCOCCCCC(=O)CC(C)(C)C. The van der Waals surface area contributed by atoms with Crippen LogP contribution in [0.25, 0.3) is 0 Å². The van der Waals surface area contributed by atoms with Gasteiger partial charge in [0.05, 0.1) is 0 Å². The molecule has 0 radical (unpaired) electrons. The zero-order valence-electron chi connectivity index (χ0n) is 19.0. The molecule has 0 atom stereocenters. The molecule has 0 saturated heterocycles. The summed E-state index contributed by atoms with van der Waals surface area (Å²) in [5.74, 6) is 0.396. The Hall–Kier alpha value is -0.410. The monoisotopic (exact) mass is 384 g/mol. The molecule has 0 aliphatic carbocycles. The van der Waals surface area contributed by atoms with Gasteiger partial charge >= 0.3 is 0 Å². The number of ether oxygens (including phenoxy) is 2. The molecule has 0 rings (SSSR count). The van der Waals surface area contributed by atoms with Gasteiger partial charge in [0.1, 0.15) is 5.78 Å². The van der Waals surface area contributed by atoms with Gasteiger partial charge in [-0.25, -0.2) is 0 Å². The van der Waals surface area contributed by atoms with E-state index in [9.17, 15) is 4.79 Å². The van der Waals surface area contributed by atoms with Gasteiger partial charge in [0.2, 0.25) is 0 Å². The second kappa shape index (κ2) is 18.9. The van der Waals surface area contributed by atoms with Crippen molar-refractivity contribution in [3.63, 3.8) is 0 Å². The van der Waals surface area contributed by atoms with Crippen LogP contribution in [0.1, 0.15) is 118 Å². The van der Waals surface area contributed by atoms with Gasteiger partial charge in [-0.2, -0.15) is 0 Å². The van der Waals surface area contributed by atoms with Gasteiger partial charge in [-0.15, -0.1) is 0 Å². The van der Waals surface area contributed by atoms with E-state index in [1.54, 1.807) is 0 Å². The van der Waals surface area contributed by atoms with Crippen LogP contribution in [0.4, 0.5) is 0 Å². The Morgan fingerprint density at radius 2 is 1.04 bits per heavy atom. The van der Waals surface area contributed by atoms with Gasteiger partial charge in [0.15, 0.2) is 0 Å². The third-order valence-electron chi connectivity index (χ3n) is 4.65. The van der Waals surface area contributed by atoms with Crippen LogP contribution in [-0.2, 0) is 14.3 Å². The normalized spacial score (nSPS) is 11.9. The van der Waals surface area contributed by atoms with Crippen molar-refractivity contribution in [1.82, 2.24) is 0 Å². The summed E-state index contributed by atoms with van der Waals surface area (Å²) >= 11 is 0. The maximum Gasteiger partial charge on any atom is 0.133 e. The van der Waals surface area contributed by atoms with Gasteiger partial charge in [-0.3, -0.25) is 4.79 Å². The fourth-order valence-corrected chi connectivity index (χ4v) is 3.20.